The molecule has 3 heteroatoms. The lowest BCUT2D eigenvalue weighted by Gasteiger charge is -2.45. The molecule has 1 N–H and O–H groups in total. The third-order valence-corrected chi connectivity index (χ3v) is 5.14. The molecular formula is C21H24O3. The summed E-state index contributed by atoms with van der Waals surface area (Å²) in [7, 11) is 1.00. The van der Waals surface area contributed by atoms with Gasteiger partial charge in [-0.1, -0.05) is 55.7 Å². The molecule has 0 saturated heterocycles. The summed E-state index contributed by atoms with van der Waals surface area (Å²) in [6, 6.07) is 16.2. The topological polar surface area (TPSA) is 46.5 Å². The maximum atomic E-state index is 12.6. The Balaban J connectivity index is 0.000000815. The fraction of sp³-hybridized carbons (Fsp3) is 0.381. The molecule has 126 valence electrons. The van der Waals surface area contributed by atoms with E-state index in [1.165, 1.54) is 24.8 Å². The number of benzene rings is 2. The van der Waals surface area contributed by atoms with E-state index in [4.69, 9.17) is 9.84 Å². The van der Waals surface area contributed by atoms with Gasteiger partial charge in [0.05, 0.1) is 5.41 Å². The van der Waals surface area contributed by atoms with Crippen molar-refractivity contribution in [1.82, 2.24) is 0 Å². The molecule has 1 spiro atoms. The van der Waals surface area contributed by atoms with Gasteiger partial charge in [0.25, 0.3) is 0 Å². The Hall–Kier alpha value is -2.13. The maximum Gasteiger partial charge on any atom is 0.173 e. The Morgan fingerprint density at radius 2 is 1.71 bits per heavy atom. The second-order valence-electron chi connectivity index (χ2n) is 6.45. The van der Waals surface area contributed by atoms with E-state index in [1.54, 1.807) is 0 Å². The molecule has 0 heterocycles. The lowest BCUT2D eigenvalue weighted by molar-refractivity contribution is 0.0780. The third kappa shape index (κ3) is 2.84. The molecule has 2 aliphatic rings. The van der Waals surface area contributed by atoms with Gasteiger partial charge in [-0.3, -0.25) is 4.79 Å². The molecule has 0 aliphatic heterocycles. The lowest BCUT2D eigenvalue weighted by Crippen LogP contribution is -2.47. The average molecular weight is 324 g/mol. The molecule has 1 fully saturated rings. The van der Waals surface area contributed by atoms with Crippen molar-refractivity contribution in [2.45, 2.75) is 44.1 Å². The van der Waals surface area contributed by atoms with Crippen LogP contribution in [0.5, 0.6) is 5.75 Å². The minimum absolute atomic E-state index is 0.147. The predicted molar refractivity (Wildman–Crippen MR) is 94.5 cm³/mol. The number of ether oxygens (including phenoxy) is 1. The molecular weight excluding hydrogens is 300 g/mol. The number of carbonyl (C=O) groups is 1. The fourth-order valence-electron chi connectivity index (χ4n) is 3.93. The van der Waals surface area contributed by atoms with Gasteiger partial charge in [0.2, 0.25) is 0 Å². The first-order chi connectivity index (χ1) is 11.8. The van der Waals surface area contributed by atoms with Crippen molar-refractivity contribution >= 4 is 5.78 Å². The molecule has 2 aliphatic carbocycles. The van der Waals surface area contributed by atoms with Crippen LogP contribution in [-0.2, 0) is 12.0 Å². The average Bonchev–Trinajstić information content (AvgIpc) is 2.69. The smallest absolute Gasteiger partial charge is 0.173 e. The minimum Gasteiger partial charge on any atom is -0.489 e. The van der Waals surface area contributed by atoms with Crippen LogP contribution in [0.4, 0.5) is 0 Å². The predicted octanol–water partition coefficient (Wildman–Crippen LogP) is 4.27. The van der Waals surface area contributed by atoms with E-state index in [9.17, 15) is 4.79 Å². The monoisotopic (exact) mass is 324 g/mol. The van der Waals surface area contributed by atoms with Gasteiger partial charge < -0.3 is 9.84 Å². The third-order valence-electron chi connectivity index (χ3n) is 5.14. The van der Waals surface area contributed by atoms with Crippen LogP contribution in [-0.4, -0.2) is 18.0 Å². The highest BCUT2D eigenvalue weighted by molar-refractivity contribution is 6.14. The summed E-state index contributed by atoms with van der Waals surface area (Å²) in [6.45, 7) is 0.541. The molecule has 0 bridgehead atoms. The molecule has 0 atom stereocenters. The van der Waals surface area contributed by atoms with E-state index in [2.05, 4.69) is 6.07 Å². The number of carbonyl (C=O) groups excluding carboxylic acids is 1. The number of hydrogen-bond donors (Lipinski definition) is 1. The number of aliphatic hydroxyl groups is 1. The van der Waals surface area contributed by atoms with E-state index in [-0.39, 0.29) is 5.41 Å². The van der Waals surface area contributed by atoms with Crippen LogP contribution in [0.15, 0.2) is 48.5 Å². The van der Waals surface area contributed by atoms with Crippen LogP contribution >= 0.6 is 0 Å². The zero-order valence-corrected chi connectivity index (χ0v) is 14.1. The van der Waals surface area contributed by atoms with Gasteiger partial charge in [0.15, 0.2) is 5.78 Å². The second kappa shape index (κ2) is 7.18. The quantitative estimate of drug-likeness (QED) is 0.917. The Kier molecular flexibility index (Phi) is 5.00. The molecule has 2 aromatic carbocycles. The fourth-order valence-corrected chi connectivity index (χ4v) is 3.93. The van der Waals surface area contributed by atoms with Crippen molar-refractivity contribution in [3.05, 3.63) is 65.2 Å². The minimum atomic E-state index is -0.147. The van der Waals surface area contributed by atoms with E-state index in [1.807, 2.05) is 42.5 Å². The van der Waals surface area contributed by atoms with Crippen molar-refractivity contribution in [3.63, 3.8) is 0 Å². The van der Waals surface area contributed by atoms with Crippen molar-refractivity contribution in [2.75, 3.05) is 7.11 Å². The first-order valence-corrected chi connectivity index (χ1v) is 8.60. The van der Waals surface area contributed by atoms with Gasteiger partial charge >= 0.3 is 0 Å². The highest BCUT2D eigenvalue weighted by Crippen LogP contribution is 2.51. The van der Waals surface area contributed by atoms with Gasteiger partial charge in [0, 0.05) is 12.7 Å². The molecule has 3 nitrogen and oxygen atoms in total. The van der Waals surface area contributed by atoms with Gasteiger partial charge in [0.1, 0.15) is 12.4 Å². The molecule has 2 aromatic rings. The van der Waals surface area contributed by atoms with Crippen molar-refractivity contribution in [1.29, 1.82) is 0 Å². The van der Waals surface area contributed by atoms with Crippen LogP contribution in [0.2, 0.25) is 0 Å². The number of fused-ring (bicyclic) bond motifs is 2. The van der Waals surface area contributed by atoms with Gasteiger partial charge in [-0.05, 0) is 36.1 Å². The molecule has 0 amide bonds. The van der Waals surface area contributed by atoms with Crippen molar-refractivity contribution in [2.24, 2.45) is 0 Å². The number of aliphatic hydroxyl groups excluding tert-OH is 1. The van der Waals surface area contributed by atoms with Crippen LogP contribution in [0.1, 0.15) is 53.6 Å². The standard InChI is InChI=1S/C20H20O2.CH4O/c21-19-17-13-16(22-14-15-7-3-1-4-8-15)9-10-18(17)20(19)11-5-2-6-12-20;1-2/h1,3-4,7-10,13H,2,5-6,11-12,14H2;2H,1H3. The van der Waals surface area contributed by atoms with Crippen LogP contribution < -0.4 is 4.74 Å². The van der Waals surface area contributed by atoms with Gasteiger partial charge in [-0.25, -0.2) is 0 Å². The normalized spacial score (nSPS) is 17.3. The highest BCUT2D eigenvalue weighted by Gasteiger charge is 2.51. The summed E-state index contributed by atoms with van der Waals surface area (Å²) >= 11 is 0. The van der Waals surface area contributed by atoms with Crippen LogP contribution in [0.3, 0.4) is 0 Å². The highest BCUT2D eigenvalue weighted by atomic mass is 16.5. The van der Waals surface area contributed by atoms with E-state index >= 15 is 0 Å². The summed E-state index contributed by atoms with van der Waals surface area (Å²) < 4.78 is 5.83. The SMILES string of the molecule is CO.O=C1c2cc(OCc3ccccc3)ccc2C12CCCCC2. The van der Waals surface area contributed by atoms with E-state index < -0.39 is 0 Å². The molecule has 24 heavy (non-hydrogen) atoms. The summed E-state index contributed by atoms with van der Waals surface area (Å²) in [5.74, 6) is 1.13. The zero-order valence-electron chi connectivity index (χ0n) is 14.1. The van der Waals surface area contributed by atoms with Crippen molar-refractivity contribution in [3.8, 4) is 5.75 Å². The van der Waals surface area contributed by atoms with Gasteiger partial charge in [-0.2, -0.15) is 0 Å². The number of Topliss-reactive ketones (excluding diaryl/α,β-unsaturated/α-hetero) is 1. The number of ketones is 1. The number of rotatable bonds is 3. The van der Waals surface area contributed by atoms with Gasteiger partial charge in [-0.15, -0.1) is 0 Å². The molecule has 4 rings (SSSR count). The summed E-state index contributed by atoms with van der Waals surface area (Å²) in [6.07, 6.45) is 5.68. The molecule has 0 aromatic heterocycles. The largest absolute Gasteiger partial charge is 0.489 e. The Labute approximate surface area is 143 Å². The Morgan fingerprint density at radius 1 is 1.00 bits per heavy atom. The van der Waals surface area contributed by atoms with E-state index in [0.717, 1.165) is 36.8 Å². The summed E-state index contributed by atoms with van der Waals surface area (Å²) in [5.41, 5.74) is 3.13. The Bertz CT molecular complexity index is 700. The maximum absolute atomic E-state index is 12.6. The van der Waals surface area contributed by atoms with E-state index in [0.29, 0.717) is 12.4 Å². The number of hydrogen-bond acceptors (Lipinski definition) is 3. The zero-order chi connectivity index (χ0) is 17.0. The molecule has 1 saturated carbocycles. The summed E-state index contributed by atoms with van der Waals surface area (Å²) in [5, 5.41) is 7.00. The Morgan fingerprint density at radius 3 is 2.42 bits per heavy atom. The molecule has 0 unspecified atom stereocenters. The van der Waals surface area contributed by atoms with Crippen LogP contribution in [0, 0.1) is 0 Å². The second-order valence-corrected chi connectivity index (χ2v) is 6.45. The molecule has 0 radical (unpaired) electrons. The van der Waals surface area contributed by atoms with Crippen molar-refractivity contribution < 1.29 is 14.6 Å². The van der Waals surface area contributed by atoms with Crippen LogP contribution in [0.25, 0.3) is 0 Å². The lowest BCUT2D eigenvalue weighted by atomic mass is 9.56. The first-order valence-electron chi connectivity index (χ1n) is 8.60. The summed E-state index contributed by atoms with van der Waals surface area (Å²) in [4.78, 5) is 12.6. The first kappa shape index (κ1) is 16.7.